The Kier molecular flexibility index (Phi) is 7.80. The number of thioether (sulfide) groups is 1. The Morgan fingerprint density at radius 2 is 2.25 bits per heavy atom. The second-order valence-corrected chi connectivity index (χ2v) is 6.50. The molecule has 2 unspecified atom stereocenters. The van der Waals surface area contributed by atoms with Gasteiger partial charge in [0.2, 0.25) is 0 Å². The van der Waals surface area contributed by atoms with Crippen molar-refractivity contribution >= 4 is 23.8 Å². The van der Waals surface area contributed by atoms with E-state index in [1.54, 1.807) is 11.8 Å². The Balaban J connectivity index is 2.34. The highest BCUT2D eigenvalue weighted by Gasteiger charge is 2.24. The molecule has 116 valence electrons. The third-order valence-electron chi connectivity index (χ3n) is 3.70. The number of likely N-dealkylation sites (tertiary alicyclic amines) is 1. The van der Waals surface area contributed by atoms with E-state index in [-0.39, 0.29) is 18.5 Å². The van der Waals surface area contributed by atoms with Gasteiger partial charge in [-0.15, -0.1) is 0 Å². The number of urea groups is 1. The van der Waals surface area contributed by atoms with E-state index in [1.807, 2.05) is 11.8 Å². The van der Waals surface area contributed by atoms with Crippen molar-refractivity contribution < 1.29 is 14.7 Å². The molecule has 1 heterocycles. The van der Waals surface area contributed by atoms with Crippen LogP contribution in [0.15, 0.2) is 0 Å². The van der Waals surface area contributed by atoms with E-state index >= 15 is 0 Å². The van der Waals surface area contributed by atoms with Crippen LogP contribution in [0.5, 0.6) is 0 Å². The van der Waals surface area contributed by atoms with Gasteiger partial charge in [-0.2, -0.15) is 11.8 Å². The monoisotopic (exact) mass is 302 g/mol. The van der Waals surface area contributed by atoms with Crippen LogP contribution in [-0.2, 0) is 4.79 Å². The standard InChI is InChI=1S/C14H26N2O3S/c1-11(7-9-20-2)15-14(19)16-8-3-4-12(10-16)5-6-13(17)18/h11-12H,3-10H2,1-2H3,(H,15,19)(H,17,18). The minimum Gasteiger partial charge on any atom is -0.481 e. The molecule has 1 fully saturated rings. The summed E-state index contributed by atoms with van der Waals surface area (Å²) in [6.07, 6.45) is 5.90. The minimum absolute atomic E-state index is 0.00127. The molecule has 2 N–H and O–H groups in total. The van der Waals surface area contributed by atoms with E-state index in [0.29, 0.717) is 18.9 Å². The molecule has 5 nitrogen and oxygen atoms in total. The minimum atomic E-state index is -0.753. The van der Waals surface area contributed by atoms with Crippen LogP contribution in [0.1, 0.15) is 39.0 Å². The molecular formula is C14H26N2O3S. The summed E-state index contributed by atoms with van der Waals surface area (Å²) in [5.41, 5.74) is 0. The quantitative estimate of drug-likeness (QED) is 0.758. The summed E-state index contributed by atoms with van der Waals surface area (Å²) in [7, 11) is 0. The Bertz CT molecular complexity index is 326. The van der Waals surface area contributed by atoms with E-state index in [0.717, 1.165) is 31.6 Å². The number of hydrogen-bond acceptors (Lipinski definition) is 3. The van der Waals surface area contributed by atoms with Crippen molar-refractivity contribution in [2.45, 2.75) is 45.1 Å². The van der Waals surface area contributed by atoms with Gasteiger partial charge in [-0.05, 0) is 50.5 Å². The molecule has 1 saturated heterocycles. The maximum atomic E-state index is 12.1. The van der Waals surface area contributed by atoms with Crippen LogP contribution in [0.25, 0.3) is 0 Å². The molecule has 0 aromatic carbocycles. The van der Waals surface area contributed by atoms with Crippen molar-refractivity contribution in [3.05, 3.63) is 0 Å². The highest BCUT2D eigenvalue weighted by molar-refractivity contribution is 7.98. The number of carbonyl (C=O) groups excluding carboxylic acids is 1. The van der Waals surface area contributed by atoms with E-state index in [2.05, 4.69) is 11.6 Å². The summed E-state index contributed by atoms with van der Waals surface area (Å²) in [6.45, 7) is 3.50. The third-order valence-corrected chi connectivity index (χ3v) is 4.34. The van der Waals surface area contributed by atoms with Crippen molar-refractivity contribution in [2.24, 2.45) is 5.92 Å². The van der Waals surface area contributed by atoms with E-state index < -0.39 is 5.97 Å². The second-order valence-electron chi connectivity index (χ2n) is 5.52. The third kappa shape index (κ3) is 6.50. The van der Waals surface area contributed by atoms with Crippen LogP contribution in [0.2, 0.25) is 0 Å². The highest BCUT2D eigenvalue weighted by atomic mass is 32.2. The van der Waals surface area contributed by atoms with Gasteiger partial charge in [0.25, 0.3) is 0 Å². The Hall–Kier alpha value is -0.910. The fourth-order valence-corrected chi connectivity index (χ4v) is 3.07. The number of nitrogens with zero attached hydrogens (tertiary/aromatic N) is 1. The molecule has 2 amide bonds. The van der Waals surface area contributed by atoms with Crippen molar-refractivity contribution in [2.75, 3.05) is 25.1 Å². The molecule has 0 aliphatic carbocycles. The summed E-state index contributed by atoms with van der Waals surface area (Å²) in [5, 5.41) is 11.8. The smallest absolute Gasteiger partial charge is 0.317 e. The summed E-state index contributed by atoms with van der Waals surface area (Å²) in [5.74, 6) is 0.618. The van der Waals surface area contributed by atoms with Gasteiger partial charge >= 0.3 is 12.0 Å². The zero-order valence-corrected chi connectivity index (χ0v) is 13.2. The predicted octanol–water partition coefficient (Wildman–Crippen LogP) is 2.41. The Labute approximate surface area is 125 Å². The molecular weight excluding hydrogens is 276 g/mol. The lowest BCUT2D eigenvalue weighted by molar-refractivity contribution is -0.137. The zero-order chi connectivity index (χ0) is 15.0. The van der Waals surface area contributed by atoms with Gasteiger partial charge in [-0.3, -0.25) is 4.79 Å². The van der Waals surface area contributed by atoms with Gasteiger partial charge in [-0.1, -0.05) is 0 Å². The van der Waals surface area contributed by atoms with Crippen LogP contribution in [-0.4, -0.2) is 53.1 Å². The second kappa shape index (κ2) is 9.10. The average molecular weight is 302 g/mol. The first-order valence-electron chi connectivity index (χ1n) is 7.29. The number of nitrogens with one attached hydrogen (secondary N) is 1. The number of rotatable bonds is 7. The molecule has 2 atom stereocenters. The average Bonchev–Trinajstić information content (AvgIpc) is 2.43. The van der Waals surface area contributed by atoms with Crippen molar-refractivity contribution in [3.8, 4) is 0 Å². The van der Waals surface area contributed by atoms with Gasteiger partial charge in [0.1, 0.15) is 0 Å². The van der Waals surface area contributed by atoms with Crippen LogP contribution in [0.3, 0.4) is 0 Å². The zero-order valence-electron chi connectivity index (χ0n) is 12.4. The lowest BCUT2D eigenvalue weighted by Crippen LogP contribution is -2.48. The number of carboxylic acids is 1. The first-order valence-corrected chi connectivity index (χ1v) is 8.68. The van der Waals surface area contributed by atoms with Crippen molar-refractivity contribution in [1.29, 1.82) is 0 Å². The largest absolute Gasteiger partial charge is 0.481 e. The number of carboxylic acid groups (broad SMARTS) is 1. The molecule has 20 heavy (non-hydrogen) atoms. The maximum absolute atomic E-state index is 12.1. The summed E-state index contributed by atoms with van der Waals surface area (Å²) in [6, 6.07) is 0.188. The molecule has 0 bridgehead atoms. The molecule has 6 heteroatoms. The molecule has 1 aliphatic heterocycles. The van der Waals surface area contributed by atoms with Crippen molar-refractivity contribution in [3.63, 3.8) is 0 Å². The lowest BCUT2D eigenvalue weighted by Gasteiger charge is -2.33. The maximum Gasteiger partial charge on any atom is 0.317 e. The normalized spacial score (nSPS) is 20.5. The molecule has 0 aromatic rings. The van der Waals surface area contributed by atoms with Gasteiger partial charge in [0, 0.05) is 25.6 Å². The number of hydrogen-bond donors (Lipinski definition) is 2. The van der Waals surface area contributed by atoms with Crippen LogP contribution < -0.4 is 5.32 Å². The van der Waals surface area contributed by atoms with E-state index in [1.165, 1.54) is 0 Å². The fraction of sp³-hybridized carbons (Fsp3) is 0.857. The highest BCUT2D eigenvalue weighted by Crippen LogP contribution is 2.21. The summed E-state index contributed by atoms with van der Waals surface area (Å²) in [4.78, 5) is 24.6. The van der Waals surface area contributed by atoms with Gasteiger partial charge < -0.3 is 15.3 Å². The molecule has 0 radical (unpaired) electrons. The first-order chi connectivity index (χ1) is 9.52. The number of carbonyl (C=O) groups is 2. The lowest BCUT2D eigenvalue weighted by atomic mass is 9.93. The molecule has 0 spiro atoms. The molecule has 1 rings (SSSR count). The molecule has 1 aliphatic rings. The van der Waals surface area contributed by atoms with Crippen LogP contribution in [0, 0.1) is 5.92 Å². The first kappa shape index (κ1) is 17.1. The van der Waals surface area contributed by atoms with Gasteiger partial charge in [0.15, 0.2) is 0 Å². The van der Waals surface area contributed by atoms with E-state index in [4.69, 9.17) is 5.11 Å². The summed E-state index contributed by atoms with van der Waals surface area (Å²) >= 11 is 1.78. The predicted molar refractivity (Wildman–Crippen MR) is 82.2 cm³/mol. The Morgan fingerprint density at radius 3 is 2.90 bits per heavy atom. The topological polar surface area (TPSA) is 69.6 Å². The van der Waals surface area contributed by atoms with Crippen molar-refractivity contribution in [1.82, 2.24) is 10.2 Å². The van der Waals surface area contributed by atoms with Gasteiger partial charge in [-0.25, -0.2) is 4.79 Å². The Morgan fingerprint density at radius 1 is 1.50 bits per heavy atom. The number of aliphatic carboxylic acids is 1. The van der Waals surface area contributed by atoms with E-state index in [9.17, 15) is 9.59 Å². The molecule has 0 aromatic heterocycles. The van der Waals surface area contributed by atoms with Crippen LogP contribution in [0.4, 0.5) is 4.79 Å². The number of amides is 2. The molecule has 0 saturated carbocycles. The fourth-order valence-electron chi connectivity index (χ4n) is 2.48. The van der Waals surface area contributed by atoms with Crippen LogP contribution >= 0.6 is 11.8 Å². The summed E-state index contributed by atoms with van der Waals surface area (Å²) < 4.78 is 0. The SMILES string of the molecule is CSCCC(C)NC(=O)N1CCCC(CCC(=O)O)C1. The van der Waals surface area contributed by atoms with Gasteiger partial charge in [0.05, 0.1) is 0 Å². The number of piperidine rings is 1.